The van der Waals surface area contributed by atoms with Crippen LogP contribution in [0.4, 0.5) is 15.8 Å². The number of carbonyl (C=O) groups is 2. The zero-order valence-electron chi connectivity index (χ0n) is 17.8. The number of hydrogen-bond donors (Lipinski definition) is 2. The Morgan fingerprint density at radius 3 is 2.52 bits per heavy atom. The van der Waals surface area contributed by atoms with Crippen LogP contribution in [0.25, 0.3) is 10.9 Å². The molecule has 2 aromatic carbocycles. The van der Waals surface area contributed by atoms with Gasteiger partial charge in [0.05, 0.1) is 22.5 Å². The number of benzene rings is 2. The molecule has 0 saturated heterocycles. The fraction of sp³-hybridized carbons (Fsp3) is 0.320. The number of aromatic nitrogens is 1. The minimum absolute atomic E-state index is 0.0809. The van der Waals surface area contributed by atoms with E-state index in [1.165, 1.54) is 18.2 Å². The topological polar surface area (TPSA) is 71.1 Å². The van der Waals surface area contributed by atoms with Crippen LogP contribution in [-0.2, 0) is 4.79 Å². The van der Waals surface area contributed by atoms with Gasteiger partial charge in [-0.2, -0.15) is 0 Å². The first-order valence-corrected chi connectivity index (χ1v) is 10.7. The van der Waals surface area contributed by atoms with E-state index in [0.29, 0.717) is 16.9 Å². The molecule has 0 radical (unpaired) electrons. The van der Waals surface area contributed by atoms with Gasteiger partial charge in [-0.15, -0.1) is 0 Å². The molecule has 5 nitrogen and oxygen atoms in total. The number of amides is 2. The maximum Gasteiger partial charge on any atom is 0.257 e. The molecule has 31 heavy (non-hydrogen) atoms. The third kappa shape index (κ3) is 4.74. The van der Waals surface area contributed by atoms with E-state index in [9.17, 15) is 14.0 Å². The summed E-state index contributed by atoms with van der Waals surface area (Å²) in [6.45, 7) is 3.77. The molecular formula is C25H26FN3O2. The first kappa shape index (κ1) is 21.0. The molecule has 1 saturated carbocycles. The predicted octanol–water partition coefficient (Wildman–Crippen LogP) is 5.76. The van der Waals surface area contributed by atoms with Crippen molar-refractivity contribution >= 4 is 34.1 Å². The lowest BCUT2D eigenvalue weighted by atomic mass is 9.88. The van der Waals surface area contributed by atoms with Crippen LogP contribution >= 0.6 is 0 Å². The Morgan fingerprint density at radius 2 is 1.74 bits per heavy atom. The van der Waals surface area contributed by atoms with Crippen LogP contribution in [0, 0.1) is 25.6 Å². The Balaban J connectivity index is 1.53. The second-order valence-electron chi connectivity index (χ2n) is 8.29. The van der Waals surface area contributed by atoms with Gasteiger partial charge in [0.2, 0.25) is 5.91 Å². The second-order valence-corrected chi connectivity index (χ2v) is 8.29. The molecule has 6 heteroatoms. The first-order chi connectivity index (χ1) is 14.9. The third-order valence-electron chi connectivity index (χ3n) is 5.86. The standard InChI is InChI=1S/C25H26FN3O2/c1-15-8-11-22-18(12-15)13-20(16(2)27-22)25(31)28-19-9-10-21(26)23(14-19)29-24(30)17-6-4-3-5-7-17/h8-14,17H,3-7H2,1-2H3,(H,28,31)(H,29,30). The molecule has 3 aromatic rings. The van der Waals surface area contributed by atoms with Crippen LogP contribution < -0.4 is 10.6 Å². The van der Waals surface area contributed by atoms with Crippen LogP contribution in [0.2, 0.25) is 0 Å². The van der Waals surface area contributed by atoms with Crippen molar-refractivity contribution < 1.29 is 14.0 Å². The number of halogens is 1. The molecule has 0 spiro atoms. The molecule has 1 heterocycles. The van der Waals surface area contributed by atoms with E-state index in [1.807, 2.05) is 31.2 Å². The Bertz CT molecular complexity index is 1150. The van der Waals surface area contributed by atoms with E-state index in [0.717, 1.165) is 48.6 Å². The normalized spacial score (nSPS) is 14.4. The molecule has 0 atom stereocenters. The monoisotopic (exact) mass is 419 g/mol. The number of pyridine rings is 1. The Hall–Kier alpha value is -3.28. The predicted molar refractivity (Wildman–Crippen MR) is 121 cm³/mol. The van der Waals surface area contributed by atoms with Gasteiger partial charge in [-0.1, -0.05) is 30.9 Å². The number of aryl methyl sites for hydroxylation is 2. The maximum atomic E-state index is 14.3. The van der Waals surface area contributed by atoms with Gasteiger partial charge >= 0.3 is 0 Å². The van der Waals surface area contributed by atoms with E-state index in [2.05, 4.69) is 15.6 Å². The highest BCUT2D eigenvalue weighted by Crippen LogP contribution is 2.27. The number of carbonyl (C=O) groups excluding carboxylic acids is 2. The van der Waals surface area contributed by atoms with Gasteiger partial charge in [-0.05, 0) is 63.1 Å². The Morgan fingerprint density at radius 1 is 0.968 bits per heavy atom. The van der Waals surface area contributed by atoms with Crippen molar-refractivity contribution in [1.82, 2.24) is 4.98 Å². The van der Waals surface area contributed by atoms with Crippen LogP contribution in [0.15, 0.2) is 42.5 Å². The van der Waals surface area contributed by atoms with Crippen molar-refractivity contribution in [1.29, 1.82) is 0 Å². The molecule has 1 aliphatic carbocycles. The Labute approximate surface area is 181 Å². The molecule has 4 rings (SSSR count). The van der Waals surface area contributed by atoms with Gasteiger partial charge in [0.25, 0.3) is 5.91 Å². The summed E-state index contributed by atoms with van der Waals surface area (Å²) in [5.74, 6) is -1.10. The highest BCUT2D eigenvalue weighted by Gasteiger charge is 2.22. The zero-order valence-corrected chi connectivity index (χ0v) is 17.8. The van der Waals surface area contributed by atoms with Crippen molar-refractivity contribution in [2.24, 2.45) is 5.92 Å². The molecule has 0 bridgehead atoms. The molecule has 2 amide bonds. The molecule has 0 aliphatic heterocycles. The second kappa shape index (κ2) is 8.84. The van der Waals surface area contributed by atoms with Gasteiger partial charge in [0.1, 0.15) is 5.82 Å². The van der Waals surface area contributed by atoms with Gasteiger partial charge in [0.15, 0.2) is 0 Å². The highest BCUT2D eigenvalue weighted by molar-refractivity contribution is 6.07. The summed E-state index contributed by atoms with van der Waals surface area (Å²) in [6, 6.07) is 11.9. The minimum atomic E-state index is -0.527. The minimum Gasteiger partial charge on any atom is -0.323 e. The fourth-order valence-electron chi connectivity index (χ4n) is 4.12. The quantitative estimate of drug-likeness (QED) is 0.565. The SMILES string of the molecule is Cc1ccc2nc(C)c(C(=O)Nc3ccc(F)c(NC(=O)C4CCCCC4)c3)cc2c1. The molecule has 0 unspecified atom stereocenters. The largest absolute Gasteiger partial charge is 0.323 e. The van der Waals surface area contributed by atoms with E-state index in [4.69, 9.17) is 0 Å². The smallest absolute Gasteiger partial charge is 0.257 e. The average Bonchev–Trinajstić information content (AvgIpc) is 2.76. The molecule has 2 N–H and O–H groups in total. The van der Waals surface area contributed by atoms with Crippen molar-refractivity contribution in [3.05, 3.63) is 65.1 Å². The van der Waals surface area contributed by atoms with Crippen LogP contribution in [0.1, 0.15) is 53.7 Å². The van der Waals surface area contributed by atoms with Gasteiger partial charge in [-0.3, -0.25) is 14.6 Å². The Kier molecular flexibility index (Phi) is 5.98. The van der Waals surface area contributed by atoms with Crippen LogP contribution in [-0.4, -0.2) is 16.8 Å². The zero-order chi connectivity index (χ0) is 22.0. The van der Waals surface area contributed by atoms with E-state index >= 15 is 0 Å². The molecule has 1 fully saturated rings. The summed E-state index contributed by atoms with van der Waals surface area (Å²) in [5, 5.41) is 6.38. The average molecular weight is 420 g/mol. The van der Waals surface area contributed by atoms with Crippen molar-refractivity contribution in [2.75, 3.05) is 10.6 Å². The van der Waals surface area contributed by atoms with Crippen molar-refractivity contribution in [2.45, 2.75) is 46.0 Å². The van der Waals surface area contributed by atoms with E-state index < -0.39 is 5.82 Å². The fourth-order valence-corrected chi connectivity index (χ4v) is 4.12. The molecule has 160 valence electrons. The number of rotatable bonds is 4. The van der Waals surface area contributed by atoms with Crippen molar-refractivity contribution in [3.63, 3.8) is 0 Å². The molecular weight excluding hydrogens is 393 g/mol. The van der Waals surface area contributed by atoms with Gasteiger partial charge < -0.3 is 10.6 Å². The number of fused-ring (bicyclic) bond motifs is 1. The molecule has 1 aliphatic rings. The van der Waals surface area contributed by atoms with Crippen LogP contribution in [0.5, 0.6) is 0 Å². The first-order valence-electron chi connectivity index (χ1n) is 10.7. The molecule has 1 aromatic heterocycles. The number of nitrogens with zero attached hydrogens (tertiary/aromatic N) is 1. The van der Waals surface area contributed by atoms with Crippen molar-refractivity contribution in [3.8, 4) is 0 Å². The number of anilines is 2. The maximum absolute atomic E-state index is 14.3. The van der Waals surface area contributed by atoms with Gasteiger partial charge in [-0.25, -0.2) is 4.39 Å². The number of nitrogens with one attached hydrogen (secondary N) is 2. The highest BCUT2D eigenvalue weighted by atomic mass is 19.1. The van der Waals surface area contributed by atoms with E-state index in [-0.39, 0.29) is 23.4 Å². The van der Waals surface area contributed by atoms with E-state index in [1.54, 1.807) is 6.92 Å². The summed E-state index contributed by atoms with van der Waals surface area (Å²) in [7, 11) is 0. The summed E-state index contributed by atoms with van der Waals surface area (Å²) in [6.07, 6.45) is 4.85. The number of hydrogen-bond acceptors (Lipinski definition) is 3. The lowest BCUT2D eigenvalue weighted by Crippen LogP contribution is -2.25. The summed E-state index contributed by atoms with van der Waals surface area (Å²) in [4.78, 5) is 29.9. The third-order valence-corrected chi connectivity index (χ3v) is 5.86. The summed E-state index contributed by atoms with van der Waals surface area (Å²) in [5.41, 5.74) is 3.47. The van der Waals surface area contributed by atoms with Gasteiger partial charge in [0, 0.05) is 17.0 Å². The summed E-state index contributed by atoms with van der Waals surface area (Å²) >= 11 is 0. The lowest BCUT2D eigenvalue weighted by molar-refractivity contribution is -0.120. The summed E-state index contributed by atoms with van der Waals surface area (Å²) < 4.78 is 14.3. The van der Waals surface area contributed by atoms with Crippen LogP contribution in [0.3, 0.4) is 0 Å². The lowest BCUT2D eigenvalue weighted by Gasteiger charge is -2.21.